The maximum atomic E-state index is 13.2. The molecule has 0 saturated carbocycles. The number of esters is 2. The minimum Gasteiger partial charge on any atom is -0.385 e. The molecule has 0 N–H and O–H groups in total. The number of benzene rings is 2. The van der Waals surface area contributed by atoms with E-state index in [4.69, 9.17) is 11.6 Å². The van der Waals surface area contributed by atoms with Crippen LogP contribution >= 0.6 is 11.6 Å². The maximum Gasteiger partial charge on any atom is 0.491 e. The number of rotatable bonds is 6. The van der Waals surface area contributed by atoms with Gasteiger partial charge in [-0.2, -0.15) is 18.3 Å². The minimum atomic E-state index is -5.25. The highest BCUT2D eigenvalue weighted by atomic mass is 35.5. The molecule has 1 aliphatic rings. The SMILES string of the molecule is O=C(CN1CCC[C@@H]1Cn1nc(Cc2ccc(Cl)cc2)c2ccccc2c1=O)OC(=O)C(F)(F)F. The number of hydrogen-bond donors (Lipinski definition) is 0. The Labute approximate surface area is 203 Å². The first kappa shape index (κ1) is 24.9. The molecular formula is C24H21ClF3N3O4. The Hall–Kier alpha value is -3.24. The van der Waals surface area contributed by atoms with Gasteiger partial charge in [0.05, 0.1) is 24.2 Å². The van der Waals surface area contributed by atoms with Crippen LogP contribution in [0.1, 0.15) is 24.1 Å². The third-order valence-corrected chi connectivity index (χ3v) is 6.13. The number of halogens is 4. The van der Waals surface area contributed by atoms with Crippen LogP contribution in [-0.4, -0.2) is 51.9 Å². The number of carbonyl (C=O) groups excluding carboxylic acids is 2. The van der Waals surface area contributed by atoms with Crippen molar-refractivity contribution in [3.63, 3.8) is 0 Å². The molecule has 1 aromatic heterocycles. The molecule has 0 bridgehead atoms. The molecule has 0 unspecified atom stereocenters. The number of nitrogens with zero attached hydrogens (tertiary/aromatic N) is 3. The molecule has 7 nitrogen and oxygen atoms in total. The molecular weight excluding hydrogens is 487 g/mol. The number of fused-ring (bicyclic) bond motifs is 1. The Balaban J connectivity index is 1.57. The average molecular weight is 508 g/mol. The lowest BCUT2D eigenvalue weighted by Gasteiger charge is -2.24. The lowest BCUT2D eigenvalue weighted by molar-refractivity contribution is -0.202. The Kier molecular flexibility index (Phi) is 7.23. The number of likely N-dealkylation sites (tertiary alicyclic amines) is 1. The summed E-state index contributed by atoms with van der Waals surface area (Å²) in [6.45, 7) is 0.0597. The topological polar surface area (TPSA) is 81.5 Å². The van der Waals surface area contributed by atoms with Gasteiger partial charge < -0.3 is 4.74 Å². The summed E-state index contributed by atoms with van der Waals surface area (Å²) < 4.78 is 42.4. The average Bonchev–Trinajstić information content (AvgIpc) is 3.24. The summed E-state index contributed by atoms with van der Waals surface area (Å²) in [6, 6.07) is 14.1. The summed E-state index contributed by atoms with van der Waals surface area (Å²) in [4.78, 5) is 37.6. The van der Waals surface area contributed by atoms with E-state index in [0.29, 0.717) is 41.9 Å². The van der Waals surface area contributed by atoms with E-state index in [9.17, 15) is 27.6 Å². The zero-order chi connectivity index (χ0) is 25.2. The molecule has 1 fully saturated rings. The molecule has 11 heteroatoms. The lowest BCUT2D eigenvalue weighted by atomic mass is 10.0. The number of carbonyl (C=O) groups is 2. The van der Waals surface area contributed by atoms with Crippen molar-refractivity contribution in [1.29, 1.82) is 0 Å². The van der Waals surface area contributed by atoms with Gasteiger partial charge in [0.15, 0.2) is 0 Å². The van der Waals surface area contributed by atoms with Gasteiger partial charge >= 0.3 is 18.1 Å². The molecule has 1 saturated heterocycles. The number of hydrogen-bond acceptors (Lipinski definition) is 6. The van der Waals surface area contributed by atoms with E-state index in [1.165, 1.54) is 4.68 Å². The molecule has 0 spiro atoms. The van der Waals surface area contributed by atoms with Crippen LogP contribution in [0, 0.1) is 0 Å². The summed E-state index contributed by atoms with van der Waals surface area (Å²) in [5.41, 5.74) is 1.33. The third kappa shape index (κ3) is 5.88. The molecule has 4 rings (SSSR count). The van der Waals surface area contributed by atoms with Crippen LogP contribution in [0.2, 0.25) is 5.02 Å². The van der Waals surface area contributed by atoms with Crippen molar-refractivity contribution in [3.8, 4) is 0 Å². The van der Waals surface area contributed by atoms with Crippen molar-refractivity contribution < 1.29 is 27.5 Å². The molecule has 1 aliphatic heterocycles. The van der Waals surface area contributed by atoms with Crippen molar-refractivity contribution in [3.05, 3.63) is 75.2 Å². The highest BCUT2D eigenvalue weighted by Crippen LogP contribution is 2.22. The molecule has 2 heterocycles. The Morgan fingerprint density at radius 3 is 2.46 bits per heavy atom. The smallest absolute Gasteiger partial charge is 0.385 e. The van der Waals surface area contributed by atoms with Gasteiger partial charge in [0, 0.05) is 22.9 Å². The molecule has 0 amide bonds. The first-order valence-electron chi connectivity index (χ1n) is 10.9. The molecule has 2 aromatic carbocycles. The van der Waals surface area contributed by atoms with Crippen LogP contribution in [0.3, 0.4) is 0 Å². The van der Waals surface area contributed by atoms with Gasteiger partial charge in [-0.25, -0.2) is 9.48 Å². The number of aromatic nitrogens is 2. The van der Waals surface area contributed by atoms with Crippen molar-refractivity contribution in [2.45, 2.75) is 38.0 Å². The molecule has 184 valence electrons. The van der Waals surface area contributed by atoms with Gasteiger partial charge in [0.1, 0.15) is 0 Å². The second kappa shape index (κ2) is 10.2. The van der Waals surface area contributed by atoms with E-state index >= 15 is 0 Å². The highest BCUT2D eigenvalue weighted by Gasteiger charge is 2.43. The minimum absolute atomic E-state index is 0.137. The van der Waals surface area contributed by atoms with Gasteiger partial charge in [-0.05, 0) is 43.1 Å². The van der Waals surface area contributed by atoms with Gasteiger partial charge in [0.2, 0.25) is 0 Å². The Bertz CT molecular complexity index is 1310. The third-order valence-electron chi connectivity index (χ3n) is 5.88. The Morgan fingerprint density at radius 1 is 1.09 bits per heavy atom. The molecule has 35 heavy (non-hydrogen) atoms. The lowest BCUT2D eigenvalue weighted by Crippen LogP contribution is -2.41. The highest BCUT2D eigenvalue weighted by molar-refractivity contribution is 6.30. The largest absolute Gasteiger partial charge is 0.491 e. The summed E-state index contributed by atoms with van der Waals surface area (Å²) in [5, 5.41) is 6.42. The van der Waals surface area contributed by atoms with Crippen LogP contribution in [0.5, 0.6) is 0 Å². The quantitative estimate of drug-likeness (QED) is 0.373. The zero-order valence-corrected chi connectivity index (χ0v) is 19.2. The Morgan fingerprint density at radius 2 is 1.77 bits per heavy atom. The second-order valence-corrected chi connectivity index (χ2v) is 8.75. The van der Waals surface area contributed by atoms with Crippen molar-refractivity contribution in [1.82, 2.24) is 14.7 Å². The predicted molar refractivity (Wildman–Crippen MR) is 122 cm³/mol. The summed E-state index contributed by atoms with van der Waals surface area (Å²) in [5.74, 6) is -3.83. The fourth-order valence-corrected chi connectivity index (χ4v) is 4.35. The monoisotopic (exact) mass is 507 g/mol. The van der Waals surface area contributed by atoms with Crippen LogP contribution in [-0.2, 0) is 27.3 Å². The van der Waals surface area contributed by atoms with Crippen molar-refractivity contribution >= 4 is 34.3 Å². The molecule has 3 aromatic rings. The van der Waals surface area contributed by atoms with Gasteiger partial charge in [-0.1, -0.05) is 41.9 Å². The van der Waals surface area contributed by atoms with E-state index in [2.05, 4.69) is 9.84 Å². The maximum absolute atomic E-state index is 13.2. The normalized spacial score (nSPS) is 16.5. The first-order valence-corrected chi connectivity index (χ1v) is 11.3. The second-order valence-electron chi connectivity index (χ2n) is 8.31. The summed E-state index contributed by atoms with van der Waals surface area (Å²) in [7, 11) is 0. The van der Waals surface area contributed by atoms with Crippen LogP contribution in [0.4, 0.5) is 13.2 Å². The van der Waals surface area contributed by atoms with E-state index in [-0.39, 0.29) is 18.1 Å². The fraction of sp³-hybridized carbons (Fsp3) is 0.333. The standard InChI is InChI=1S/C24H21ClF3N3O4/c25-16-9-7-15(8-10-16)12-20-18-5-1-2-6-19(18)22(33)31(29-20)13-17-4-3-11-30(17)14-21(32)35-23(34)24(26,27)28/h1-2,5-10,17H,3-4,11-14H2/t17-/m1/s1. The van der Waals surface area contributed by atoms with Gasteiger partial charge in [-0.3, -0.25) is 14.5 Å². The summed E-state index contributed by atoms with van der Waals surface area (Å²) >= 11 is 5.98. The summed E-state index contributed by atoms with van der Waals surface area (Å²) in [6.07, 6.45) is -3.51. The van der Waals surface area contributed by atoms with Crippen molar-refractivity contribution in [2.75, 3.05) is 13.1 Å². The van der Waals surface area contributed by atoms with E-state index in [1.807, 2.05) is 24.3 Å². The van der Waals surface area contributed by atoms with E-state index in [0.717, 1.165) is 10.9 Å². The van der Waals surface area contributed by atoms with Crippen LogP contribution < -0.4 is 5.56 Å². The van der Waals surface area contributed by atoms with Crippen LogP contribution in [0.15, 0.2) is 53.3 Å². The van der Waals surface area contributed by atoms with E-state index in [1.54, 1.807) is 29.2 Å². The first-order chi connectivity index (χ1) is 16.6. The van der Waals surface area contributed by atoms with Gasteiger partial charge in [0.25, 0.3) is 5.56 Å². The van der Waals surface area contributed by atoms with Crippen LogP contribution in [0.25, 0.3) is 10.8 Å². The number of ether oxygens (including phenoxy) is 1. The van der Waals surface area contributed by atoms with E-state index < -0.39 is 24.7 Å². The van der Waals surface area contributed by atoms with Crippen molar-refractivity contribution in [2.24, 2.45) is 0 Å². The van der Waals surface area contributed by atoms with Gasteiger partial charge in [-0.15, -0.1) is 0 Å². The number of alkyl halides is 3. The molecule has 1 atom stereocenters. The molecule has 0 aliphatic carbocycles. The zero-order valence-electron chi connectivity index (χ0n) is 18.4. The fourth-order valence-electron chi connectivity index (χ4n) is 4.22. The molecule has 0 radical (unpaired) electrons. The predicted octanol–water partition coefficient (Wildman–Crippen LogP) is 3.74.